The summed E-state index contributed by atoms with van der Waals surface area (Å²) >= 11 is 0. The number of rotatable bonds is 4. The lowest BCUT2D eigenvalue weighted by Gasteiger charge is -2.20. The highest BCUT2D eigenvalue weighted by Gasteiger charge is 2.38. The van der Waals surface area contributed by atoms with Gasteiger partial charge in [0.05, 0.1) is 0 Å². The predicted octanol–water partition coefficient (Wildman–Crippen LogP) is 3.78. The second-order valence-corrected chi connectivity index (χ2v) is 5.49. The zero-order chi connectivity index (χ0) is 16.4. The number of ether oxygens (including phenoxy) is 2. The fourth-order valence-corrected chi connectivity index (χ4v) is 2.27. The topological polar surface area (TPSA) is 52.6 Å². The van der Waals surface area contributed by atoms with Gasteiger partial charge in [-0.25, -0.2) is 4.79 Å². The van der Waals surface area contributed by atoms with Crippen LogP contribution in [0.15, 0.2) is 42.0 Å². The molecule has 2 rings (SSSR count). The average molecular weight is 300 g/mol. The third kappa shape index (κ3) is 2.96. The van der Waals surface area contributed by atoms with Crippen LogP contribution in [0.3, 0.4) is 0 Å². The van der Waals surface area contributed by atoms with Gasteiger partial charge in [0.2, 0.25) is 0 Å². The van der Waals surface area contributed by atoms with E-state index in [4.69, 9.17) is 9.47 Å². The number of esters is 1. The molecule has 2 atom stereocenters. The highest BCUT2D eigenvalue weighted by Crippen LogP contribution is 2.42. The second kappa shape index (κ2) is 6.18. The van der Waals surface area contributed by atoms with Crippen molar-refractivity contribution in [2.24, 2.45) is 0 Å². The Morgan fingerprint density at radius 3 is 2.50 bits per heavy atom. The molecule has 0 N–H and O–H groups in total. The molecule has 0 saturated carbocycles. The molecular weight excluding hydrogens is 280 g/mol. The summed E-state index contributed by atoms with van der Waals surface area (Å²) in [5.41, 5.74) is 2.56. The van der Waals surface area contributed by atoms with Crippen molar-refractivity contribution in [3.05, 3.63) is 53.1 Å². The van der Waals surface area contributed by atoms with E-state index in [1.165, 1.54) is 6.92 Å². The third-order valence-corrected chi connectivity index (χ3v) is 3.73. The van der Waals surface area contributed by atoms with E-state index in [9.17, 15) is 9.59 Å². The highest BCUT2D eigenvalue weighted by atomic mass is 16.6. The van der Waals surface area contributed by atoms with E-state index in [1.807, 2.05) is 6.92 Å². The van der Waals surface area contributed by atoms with Crippen molar-refractivity contribution in [3.63, 3.8) is 0 Å². The minimum Gasteiger partial charge on any atom is -0.481 e. The molecule has 1 heterocycles. The Morgan fingerprint density at radius 1 is 1.27 bits per heavy atom. The van der Waals surface area contributed by atoms with Crippen molar-refractivity contribution in [2.75, 3.05) is 0 Å². The maximum atomic E-state index is 12.1. The summed E-state index contributed by atoms with van der Waals surface area (Å²) in [5, 5.41) is 0. The van der Waals surface area contributed by atoms with Crippen LogP contribution in [0, 0.1) is 0 Å². The summed E-state index contributed by atoms with van der Waals surface area (Å²) in [6.45, 7) is 10.7. The smallest absolute Gasteiger partial charge is 0.334 e. The van der Waals surface area contributed by atoms with Gasteiger partial charge < -0.3 is 9.47 Å². The zero-order valence-electron chi connectivity index (χ0n) is 13.3. The van der Waals surface area contributed by atoms with Gasteiger partial charge in [0, 0.05) is 16.7 Å². The Bertz CT molecular complexity index is 670. The molecule has 0 bridgehead atoms. The molecule has 4 nitrogen and oxygen atoms in total. The lowest BCUT2D eigenvalue weighted by Crippen LogP contribution is -2.24. The molecule has 0 aromatic heterocycles. The first-order chi connectivity index (χ1) is 10.3. The molecule has 0 spiro atoms. The number of hydrogen-bond acceptors (Lipinski definition) is 4. The number of carbonyl (C=O) groups excluding carboxylic acids is 2. The Labute approximate surface area is 130 Å². The van der Waals surface area contributed by atoms with E-state index in [0.29, 0.717) is 22.4 Å². The summed E-state index contributed by atoms with van der Waals surface area (Å²) in [4.78, 5) is 23.7. The summed E-state index contributed by atoms with van der Waals surface area (Å²) in [7, 11) is 0. The van der Waals surface area contributed by atoms with E-state index < -0.39 is 18.2 Å². The quantitative estimate of drug-likeness (QED) is 0.367. The van der Waals surface area contributed by atoms with E-state index in [1.54, 1.807) is 38.1 Å². The number of benzene rings is 1. The molecule has 4 heteroatoms. The van der Waals surface area contributed by atoms with Crippen LogP contribution in [0.2, 0.25) is 0 Å². The van der Waals surface area contributed by atoms with E-state index in [2.05, 4.69) is 6.58 Å². The molecule has 0 radical (unpaired) electrons. The molecule has 0 saturated heterocycles. The van der Waals surface area contributed by atoms with Crippen molar-refractivity contribution in [2.45, 2.75) is 39.9 Å². The average Bonchev–Trinajstić information content (AvgIpc) is 2.84. The minimum absolute atomic E-state index is 0.0451. The van der Waals surface area contributed by atoms with Crippen molar-refractivity contribution in [3.8, 4) is 5.75 Å². The van der Waals surface area contributed by atoms with Gasteiger partial charge in [0.15, 0.2) is 18.0 Å². The summed E-state index contributed by atoms with van der Waals surface area (Å²) < 4.78 is 11.4. The van der Waals surface area contributed by atoms with Crippen molar-refractivity contribution in [1.82, 2.24) is 0 Å². The Morgan fingerprint density at radius 2 is 1.95 bits per heavy atom. The van der Waals surface area contributed by atoms with Crippen LogP contribution in [0.1, 0.15) is 49.7 Å². The minimum atomic E-state index is -0.589. The fraction of sp³-hybridized carbons (Fsp3) is 0.333. The molecular formula is C18H20O4. The van der Waals surface area contributed by atoms with E-state index >= 15 is 0 Å². The molecule has 0 unspecified atom stereocenters. The summed E-state index contributed by atoms with van der Waals surface area (Å²) in [6.07, 6.45) is 0.667. The van der Waals surface area contributed by atoms with Crippen LogP contribution >= 0.6 is 0 Å². The van der Waals surface area contributed by atoms with Gasteiger partial charge in [-0.1, -0.05) is 12.7 Å². The number of allylic oxidation sites excluding steroid dienone is 1. The summed E-state index contributed by atoms with van der Waals surface area (Å²) in [5.74, 6) is 0.175. The fourth-order valence-electron chi connectivity index (χ4n) is 2.27. The maximum Gasteiger partial charge on any atom is 0.334 e. The SMILES string of the molecule is C=C(C)[C@@H]1Oc2ccc(C(C)=O)cc2[C@@H]1OC(=O)/C(C)=C\C. The van der Waals surface area contributed by atoms with E-state index in [-0.39, 0.29) is 5.78 Å². The van der Waals surface area contributed by atoms with Crippen LogP contribution < -0.4 is 4.74 Å². The van der Waals surface area contributed by atoms with Gasteiger partial charge in [-0.15, -0.1) is 0 Å². The molecule has 22 heavy (non-hydrogen) atoms. The monoisotopic (exact) mass is 300 g/mol. The molecule has 1 aliphatic rings. The molecule has 0 amide bonds. The summed E-state index contributed by atoms with van der Waals surface area (Å²) in [6, 6.07) is 5.17. The first-order valence-corrected chi connectivity index (χ1v) is 7.16. The molecule has 1 aliphatic heterocycles. The number of fused-ring (bicyclic) bond motifs is 1. The first kappa shape index (κ1) is 16.0. The van der Waals surface area contributed by atoms with Crippen molar-refractivity contribution >= 4 is 11.8 Å². The van der Waals surface area contributed by atoms with Gasteiger partial charge in [-0.2, -0.15) is 0 Å². The van der Waals surface area contributed by atoms with Crippen LogP contribution in [0.4, 0.5) is 0 Å². The van der Waals surface area contributed by atoms with Gasteiger partial charge in [-0.3, -0.25) is 4.79 Å². The number of carbonyl (C=O) groups is 2. The lowest BCUT2D eigenvalue weighted by molar-refractivity contribution is -0.146. The lowest BCUT2D eigenvalue weighted by atomic mass is 9.99. The standard InChI is InChI=1S/C18H20O4/c1-6-11(4)18(20)22-17-14-9-13(12(5)19)7-8-15(14)21-16(17)10(2)3/h6-9,16-17H,2H2,1,3-5H3/b11-6-/t16-,17-/m0/s1. The van der Waals surface area contributed by atoms with Gasteiger partial charge in [0.1, 0.15) is 5.75 Å². The zero-order valence-corrected chi connectivity index (χ0v) is 13.3. The van der Waals surface area contributed by atoms with Crippen molar-refractivity contribution in [1.29, 1.82) is 0 Å². The van der Waals surface area contributed by atoms with Gasteiger partial charge in [0.25, 0.3) is 0 Å². The molecule has 1 aromatic carbocycles. The van der Waals surface area contributed by atoms with Gasteiger partial charge >= 0.3 is 5.97 Å². The Hall–Kier alpha value is -2.36. The number of hydrogen-bond donors (Lipinski definition) is 0. The van der Waals surface area contributed by atoms with Crippen LogP contribution in [0.5, 0.6) is 5.75 Å². The Kier molecular flexibility index (Phi) is 4.50. The maximum absolute atomic E-state index is 12.1. The van der Waals surface area contributed by atoms with Gasteiger partial charge in [-0.05, 0) is 51.5 Å². The van der Waals surface area contributed by atoms with Crippen molar-refractivity contribution < 1.29 is 19.1 Å². The molecule has 0 fully saturated rings. The molecule has 0 aliphatic carbocycles. The normalized spacial score (nSPS) is 20.1. The Balaban J connectivity index is 2.41. The first-order valence-electron chi connectivity index (χ1n) is 7.16. The predicted molar refractivity (Wildman–Crippen MR) is 83.9 cm³/mol. The molecule has 116 valence electrons. The number of ketones is 1. The highest BCUT2D eigenvalue weighted by molar-refractivity contribution is 5.94. The second-order valence-electron chi connectivity index (χ2n) is 5.49. The van der Waals surface area contributed by atoms with Crippen LogP contribution in [0.25, 0.3) is 0 Å². The van der Waals surface area contributed by atoms with Crippen LogP contribution in [-0.2, 0) is 9.53 Å². The van der Waals surface area contributed by atoms with Crippen LogP contribution in [-0.4, -0.2) is 17.9 Å². The largest absolute Gasteiger partial charge is 0.481 e. The van der Waals surface area contributed by atoms with E-state index in [0.717, 1.165) is 5.57 Å². The molecule has 1 aromatic rings. The number of Topliss-reactive ketones (excluding diaryl/α,β-unsaturated/α-hetero) is 1. The third-order valence-electron chi connectivity index (χ3n) is 3.73.